The second-order valence-electron chi connectivity index (χ2n) is 6.01. The number of nitrogens with two attached hydrogens (primary N) is 1. The molecule has 2 aromatic rings. The lowest BCUT2D eigenvalue weighted by Crippen LogP contribution is -2.27. The fourth-order valence-electron chi connectivity index (χ4n) is 1.95. The molecule has 5 nitrogen and oxygen atoms in total. The van der Waals surface area contributed by atoms with Gasteiger partial charge in [0.1, 0.15) is 17.5 Å². The number of hydrogen-bond acceptors (Lipinski definition) is 6. The van der Waals surface area contributed by atoms with Crippen LogP contribution in [-0.2, 0) is 5.41 Å². The molecule has 0 amide bonds. The molecule has 0 atom stereocenters. The molecule has 2 heterocycles. The molecule has 2 rings (SSSR count). The lowest BCUT2D eigenvalue weighted by atomic mass is 9.91. The van der Waals surface area contributed by atoms with Gasteiger partial charge in [-0.3, -0.25) is 0 Å². The molecule has 6 heteroatoms. The summed E-state index contributed by atoms with van der Waals surface area (Å²) in [4.78, 5) is 10.3. The minimum Gasteiger partial charge on any atom is -0.369 e. The van der Waals surface area contributed by atoms with Gasteiger partial charge in [-0.25, -0.2) is 15.8 Å². The van der Waals surface area contributed by atoms with Crippen molar-refractivity contribution in [2.24, 2.45) is 5.84 Å². The van der Waals surface area contributed by atoms with Crippen molar-refractivity contribution >= 4 is 23.0 Å². The number of anilines is 2. The molecular formula is C15H23N5S. The van der Waals surface area contributed by atoms with Gasteiger partial charge >= 0.3 is 0 Å². The first-order valence-electron chi connectivity index (χ1n) is 7.06. The second kappa shape index (κ2) is 6.41. The summed E-state index contributed by atoms with van der Waals surface area (Å²) in [7, 11) is 0. The van der Waals surface area contributed by atoms with Crippen LogP contribution in [0.5, 0.6) is 0 Å². The number of thiophene rings is 1. The Hall–Kier alpha value is -1.66. The highest BCUT2D eigenvalue weighted by atomic mass is 32.1. The lowest BCUT2D eigenvalue weighted by molar-refractivity contribution is 0.568. The molecule has 21 heavy (non-hydrogen) atoms. The Kier molecular flexibility index (Phi) is 4.80. The van der Waals surface area contributed by atoms with Crippen LogP contribution in [0.3, 0.4) is 0 Å². The van der Waals surface area contributed by atoms with Crippen LogP contribution in [0, 0.1) is 0 Å². The second-order valence-corrected chi connectivity index (χ2v) is 6.96. The van der Waals surface area contributed by atoms with Gasteiger partial charge in [0.15, 0.2) is 0 Å². The normalized spacial score (nSPS) is 11.7. The predicted octanol–water partition coefficient (Wildman–Crippen LogP) is 3.34. The summed E-state index contributed by atoms with van der Waals surface area (Å²) in [5.41, 5.74) is 2.65. The molecule has 0 saturated carbocycles. The third-order valence-corrected chi connectivity index (χ3v) is 4.54. The first-order chi connectivity index (χ1) is 9.92. The van der Waals surface area contributed by atoms with E-state index in [1.54, 1.807) is 11.3 Å². The Morgan fingerprint density at radius 3 is 2.57 bits per heavy atom. The minimum absolute atomic E-state index is 0.0490. The quantitative estimate of drug-likeness (QED) is 0.564. The van der Waals surface area contributed by atoms with Crippen LogP contribution in [0.1, 0.15) is 44.3 Å². The number of hydrazine groups is 1. The van der Waals surface area contributed by atoms with E-state index in [0.717, 1.165) is 18.2 Å². The van der Waals surface area contributed by atoms with Crippen molar-refractivity contribution in [1.29, 1.82) is 0 Å². The molecule has 4 N–H and O–H groups in total. The van der Waals surface area contributed by atoms with Gasteiger partial charge < -0.3 is 10.7 Å². The molecule has 0 aliphatic rings. The van der Waals surface area contributed by atoms with Crippen LogP contribution in [-0.4, -0.2) is 16.5 Å². The monoisotopic (exact) mass is 305 g/mol. The van der Waals surface area contributed by atoms with Crippen molar-refractivity contribution in [1.82, 2.24) is 9.97 Å². The largest absolute Gasteiger partial charge is 0.369 e. The zero-order valence-corrected chi connectivity index (χ0v) is 13.8. The van der Waals surface area contributed by atoms with E-state index in [4.69, 9.17) is 5.84 Å². The van der Waals surface area contributed by atoms with Gasteiger partial charge in [-0.05, 0) is 11.4 Å². The van der Waals surface area contributed by atoms with Crippen molar-refractivity contribution in [2.75, 3.05) is 17.3 Å². The summed E-state index contributed by atoms with van der Waals surface area (Å²) in [5, 5.41) is 5.51. The maximum atomic E-state index is 5.48. The third kappa shape index (κ3) is 3.92. The number of nitrogens with one attached hydrogen (secondary N) is 2. The number of rotatable bonds is 6. The Morgan fingerprint density at radius 1 is 1.29 bits per heavy atom. The summed E-state index contributed by atoms with van der Waals surface area (Å²) in [6, 6.07) is 6.08. The molecule has 0 aliphatic heterocycles. The summed E-state index contributed by atoms with van der Waals surface area (Å²) >= 11 is 1.78. The van der Waals surface area contributed by atoms with Gasteiger partial charge in [0.2, 0.25) is 0 Å². The van der Waals surface area contributed by atoms with E-state index in [0.29, 0.717) is 5.82 Å². The average Bonchev–Trinajstić information content (AvgIpc) is 3.00. The Balaban J connectivity index is 2.14. The fraction of sp³-hybridized carbons (Fsp3) is 0.467. The van der Waals surface area contributed by atoms with E-state index in [-0.39, 0.29) is 11.3 Å². The van der Waals surface area contributed by atoms with E-state index >= 15 is 0 Å². The molecule has 0 radical (unpaired) electrons. The molecular weight excluding hydrogens is 282 g/mol. The molecule has 0 spiro atoms. The fourth-order valence-corrected chi connectivity index (χ4v) is 2.80. The molecule has 0 unspecified atom stereocenters. The smallest absolute Gasteiger partial charge is 0.145 e. The molecule has 0 aromatic carbocycles. The van der Waals surface area contributed by atoms with Gasteiger partial charge in [-0.2, -0.15) is 0 Å². The summed E-state index contributed by atoms with van der Waals surface area (Å²) < 4.78 is 0. The number of hydrogen-bond donors (Lipinski definition) is 3. The van der Waals surface area contributed by atoms with Crippen LogP contribution in [0.4, 0.5) is 11.6 Å². The number of nitrogens with zero attached hydrogens (tertiary/aromatic N) is 2. The highest BCUT2D eigenvalue weighted by Crippen LogP contribution is 2.28. The molecule has 0 fully saturated rings. The van der Waals surface area contributed by atoms with E-state index in [9.17, 15) is 0 Å². The van der Waals surface area contributed by atoms with Crippen molar-refractivity contribution in [2.45, 2.75) is 39.0 Å². The average molecular weight is 305 g/mol. The maximum absolute atomic E-state index is 5.48. The van der Waals surface area contributed by atoms with Crippen molar-refractivity contribution in [3.8, 4) is 0 Å². The van der Waals surface area contributed by atoms with Gasteiger partial charge in [0.05, 0.1) is 0 Å². The molecule has 0 aliphatic carbocycles. The molecule has 0 bridgehead atoms. The Bertz CT molecular complexity index is 578. The van der Waals surface area contributed by atoms with Gasteiger partial charge in [0.25, 0.3) is 0 Å². The summed E-state index contributed by atoms with van der Waals surface area (Å²) in [6.07, 6.45) is 0. The van der Waals surface area contributed by atoms with Crippen LogP contribution < -0.4 is 16.6 Å². The van der Waals surface area contributed by atoms with Crippen molar-refractivity contribution in [3.05, 3.63) is 34.3 Å². The summed E-state index contributed by atoms with van der Waals surface area (Å²) in [6.45, 7) is 9.37. The highest BCUT2D eigenvalue weighted by Gasteiger charge is 2.21. The molecule has 2 aromatic heterocycles. The lowest BCUT2D eigenvalue weighted by Gasteiger charge is -2.24. The van der Waals surface area contributed by atoms with Crippen LogP contribution in [0.15, 0.2) is 23.6 Å². The van der Waals surface area contributed by atoms with Crippen LogP contribution in [0.2, 0.25) is 0 Å². The standard InChI is InChI=1S/C15H23N5S/c1-10(2)14-18-12(8-13(19-14)20-16)17-9-15(3,4)11-6-5-7-21-11/h5-8,10H,9,16H2,1-4H3,(H2,17,18,19,20). The molecule has 114 valence electrons. The van der Waals surface area contributed by atoms with E-state index < -0.39 is 0 Å². The number of aromatic nitrogens is 2. The van der Waals surface area contributed by atoms with Gasteiger partial charge in [-0.1, -0.05) is 33.8 Å². The van der Waals surface area contributed by atoms with E-state index in [1.807, 2.05) is 6.07 Å². The first-order valence-corrected chi connectivity index (χ1v) is 7.94. The van der Waals surface area contributed by atoms with E-state index in [2.05, 4.69) is 65.9 Å². The third-order valence-electron chi connectivity index (χ3n) is 3.31. The first kappa shape index (κ1) is 15.7. The van der Waals surface area contributed by atoms with Gasteiger partial charge in [0, 0.05) is 28.8 Å². The van der Waals surface area contributed by atoms with E-state index in [1.165, 1.54) is 4.88 Å². The minimum atomic E-state index is 0.0490. The summed E-state index contributed by atoms with van der Waals surface area (Å²) in [5.74, 6) is 7.94. The Labute approximate surface area is 130 Å². The van der Waals surface area contributed by atoms with Crippen molar-refractivity contribution in [3.63, 3.8) is 0 Å². The van der Waals surface area contributed by atoms with Crippen LogP contribution in [0.25, 0.3) is 0 Å². The number of nitrogen functional groups attached to an aromatic ring is 1. The van der Waals surface area contributed by atoms with Gasteiger partial charge in [-0.15, -0.1) is 11.3 Å². The zero-order valence-electron chi connectivity index (χ0n) is 13.0. The molecule has 0 saturated heterocycles. The predicted molar refractivity (Wildman–Crippen MR) is 89.8 cm³/mol. The zero-order chi connectivity index (χ0) is 15.5. The maximum Gasteiger partial charge on any atom is 0.145 e. The topological polar surface area (TPSA) is 75.9 Å². The Morgan fingerprint density at radius 2 is 2.00 bits per heavy atom. The highest BCUT2D eigenvalue weighted by molar-refractivity contribution is 7.10. The SMILES string of the molecule is CC(C)c1nc(NN)cc(NCC(C)(C)c2cccs2)n1. The van der Waals surface area contributed by atoms with Crippen LogP contribution >= 0.6 is 11.3 Å². The van der Waals surface area contributed by atoms with Crippen molar-refractivity contribution < 1.29 is 0 Å².